The fourth-order valence-corrected chi connectivity index (χ4v) is 1.36. The second kappa shape index (κ2) is 7.82. The number of rotatable bonds is 4. The lowest BCUT2D eigenvalue weighted by molar-refractivity contribution is -0.385. The zero-order valence-electron chi connectivity index (χ0n) is 10.1. The van der Waals surface area contributed by atoms with Crippen LogP contribution in [0.4, 0.5) is 5.69 Å². The largest absolute Gasteiger partial charge is 0.396 e. The molecule has 4 heteroatoms. The van der Waals surface area contributed by atoms with E-state index >= 15 is 0 Å². The lowest BCUT2D eigenvalue weighted by Crippen LogP contribution is -1.97. The van der Waals surface area contributed by atoms with Crippen molar-refractivity contribution in [2.75, 3.05) is 6.61 Å². The van der Waals surface area contributed by atoms with Gasteiger partial charge in [0.05, 0.1) is 4.92 Å². The Labute approximate surface area is 96.1 Å². The first kappa shape index (κ1) is 14.6. The van der Waals surface area contributed by atoms with Gasteiger partial charge in [-0.3, -0.25) is 10.1 Å². The highest BCUT2D eigenvalue weighted by Gasteiger charge is 2.12. The third-order valence-electron chi connectivity index (χ3n) is 2.13. The summed E-state index contributed by atoms with van der Waals surface area (Å²) in [4.78, 5) is 10.3. The van der Waals surface area contributed by atoms with Crippen molar-refractivity contribution >= 4 is 5.69 Å². The molecule has 0 saturated heterocycles. The van der Waals surface area contributed by atoms with Gasteiger partial charge in [0, 0.05) is 18.2 Å². The van der Waals surface area contributed by atoms with Crippen LogP contribution in [0.1, 0.15) is 31.9 Å². The highest BCUT2D eigenvalue weighted by Crippen LogP contribution is 2.20. The van der Waals surface area contributed by atoms with E-state index in [1.807, 2.05) is 26.8 Å². The number of hydrogen-bond donors (Lipinski definition) is 1. The van der Waals surface area contributed by atoms with Crippen LogP contribution in [0.15, 0.2) is 18.2 Å². The number of aliphatic hydroxyl groups is 1. The number of benzene rings is 1. The van der Waals surface area contributed by atoms with Crippen LogP contribution < -0.4 is 0 Å². The quantitative estimate of drug-likeness (QED) is 0.633. The van der Waals surface area contributed by atoms with E-state index < -0.39 is 0 Å². The Bertz CT molecular complexity index is 337. The number of nitrogens with zero attached hydrogens (tertiary/aromatic N) is 1. The zero-order valence-corrected chi connectivity index (χ0v) is 10.1. The summed E-state index contributed by atoms with van der Waals surface area (Å²) in [5.41, 5.74) is 1.69. The smallest absolute Gasteiger partial charge is 0.272 e. The second-order valence-electron chi connectivity index (χ2n) is 3.05. The first-order valence-corrected chi connectivity index (χ1v) is 5.56. The van der Waals surface area contributed by atoms with Crippen LogP contribution in [0.25, 0.3) is 0 Å². The van der Waals surface area contributed by atoms with Gasteiger partial charge in [-0.25, -0.2) is 0 Å². The monoisotopic (exact) mass is 225 g/mol. The number of nitro benzene ring substituents is 1. The average Bonchev–Trinajstić information content (AvgIpc) is 2.32. The van der Waals surface area contributed by atoms with E-state index in [2.05, 4.69) is 0 Å². The highest BCUT2D eigenvalue weighted by molar-refractivity contribution is 5.43. The summed E-state index contributed by atoms with van der Waals surface area (Å²) in [6.45, 7) is 5.90. The Morgan fingerprint density at radius 3 is 2.44 bits per heavy atom. The number of aryl methyl sites for hydroxylation is 1. The Morgan fingerprint density at radius 1 is 1.38 bits per heavy atom. The normalized spacial score (nSPS) is 9.25. The van der Waals surface area contributed by atoms with Gasteiger partial charge >= 0.3 is 0 Å². The maximum Gasteiger partial charge on any atom is 0.272 e. The van der Waals surface area contributed by atoms with E-state index in [0.29, 0.717) is 12.8 Å². The Morgan fingerprint density at radius 2 is 2.00 bits per heavy atom. The summed E-state index contributed by atoms with van der Waals surface area (Å²) in [7, 11) is 0. The molecule has 0 amide bonds. The van der Waals surface area contributed by atoms with Crippen LogP contribution in [-0.2, 0) is 12.8 Å². The molecule has 0 atom stereocenters. The van der Waals surface area contributed by atoms with Crippen molar-refractivity contribution in [3.8, 4) is 0 Å². The third kappa shape index (κ3) is 3.98. The van der Waals surface area contributed by atoms with Gasteiger partial charge in [0.2, 0.25) is 0 Å². The SMILES string of the molecule is CC.CCc1ccc(CCO)cc1[N+](=O)[O-]. The predicted octanol–water partition coefficient (Wildman–Crippen LogP) is 2.72. The van der Waals surface area contributed by atoms with Crippen LogP contribution in [0.3, 0.4) is 0 Å². The van der Waals surface area contributed by atoms with Gasteiger partial charge in [0.25, 0.3) is 5.69 Å². The van der Waals surface area contributed by atoms with Crippen molar-refractivity contribution in [1.82, 2.24) is 0 Å². The molecule has 0 heterocycles. The molecule has 0 aliphatic carbocycles. The molecule has 0 bridgehead atoms. The van der Waals surface area contributed by atoms with Gasteiger partial charge in [0.15, 0.2) is 0 Å². The lowest BCUT2D eigenvalue weighted by atomic mass is 10.1. The van der Waals surface area contributed by atoms with Crippen molar-refractivity contribution in [3.05, 3.63) is 39.4 Å². The first-order chi connectivity index (χ1) is 7.69. The Hall–Kier alpha value is -1.42. The van der Waals surface area contributed by atoms with Crippen LogP contribution in [-0.4, -0.2) is 16.6 Å². The summed E-state index contributed by atoms with van der Waals surface area (Å²) in [6, 6.07) is 5.11. The maximum absolute atomic E-state index is 10.7. The second-order valence-corrected chi connectivity index (χ2v) is 3.05. The minimum absolute atomic E-state index is 0.0165. The van der Waals surface area contributed by atoms with Gasteiger partial charge in [-0.1, -0.05) is 32.9 Å². The van der Waals surface area contributed by atoms with E-state index in [0.717, 1.165) is 11.1 Å². The molecule has 0 aromatic heterocycles. The molecule has 1 rings (SSSR count). The molecular weight excluding hydrogens is 206 g/mol. The van der Waals surface area contributed by atoms with Gasteiger partial charge in [0.1, 0.15) is 0 Å². The molecule has 0 radical (unpaired) electrons. The van der Waals surface area contributed by atoms with Crippen LogP contribution in [0.2, 0.25) is 0 Å². The van der Waals surface area contributed by atoms with E-state index in [1.54, 1.807) is 6.07 Å². The number of aliphatic hydroxyl groups excluding tert-OH is 1. The Kier molecular flexibility index (Phi) is 7.12. The Balaban J connectivity index is 0.00000106. The molecule has 0 saturated carbocycles. The van der Waals surface area contributed by atoms with Crippen molar-refractivity contribution in [1.29, 1.82) is 0 Å². The van der Waals surface area contributed by atoms with E-state index in [9.17, 15) is 10.1 Å². The average molecular weight is 225 g/mol. The maximum atomic E-state index is 10.7. The summed E-state index contributed by atoms with van der Waals surface area (Å²) in [5, 5.41) is 19.4. The zero-order chi connectivity index (χ0) is 12.6. The third-order valence-corrected chi connectivity index (χ3v) is 2.13. The fourth-order valence-electron chi connectivity index (χ4n) is 1.36. The van der Waals surface area contributed by atoms with Crippen molar-refractivity contribution in [2.24, 2.45) is 0 Å². The van der Waals surface area contributed by atoms with Gasteiger partial charge in [-0.2, -0.15) is 0 Å². The van der Waals surface area contributed by atoms with Gasteiger partial charge in [-0.05, 0) is 18.4 Å². The number of hydrogen-bond acceptors (Lipinski definition) is 3. The van der Waals surface area contributed by atoms with E-state index in [1.165, 1.54) is 6.07 Å². The predicted molar refractivity (Wildman–Crippen MR) is 64.6 cm³/mol. The van der Waals surface area contributed by atoms with Crippen molar-refractivity contribution < 1.29 is 10.0 Å². The van der Waals surface area contributed by atoms with Crippen molar-refractivity contribution in [2.45, 2.75) is 33.6 Å². The molecule has 1 N–H and O–H groups in total. The summed E-state index contributed by atoms with van der Waals surface area (Å²) >= 11 is 0. The summed E-state index contributed by atoms with van der Waals surface area (Å²) in [5.74, 6) is 0. The molecule has 4 nitrogen and oxygen atoms in total. The highest BCUT2D eigenvalue weighted by atomic mass is 16.6. The van der Waals surface area contributed by atoms with Crippen LogP contribution in [0, 0.1) is 10.1 Å². The van der Waals surface area contributed by atoms with Gasteiger partial charge < -0.3 is 5.11 Å². The van der Waals surface area contributed by atoms with Crippen LogP contribution >= 0.6 is 0 Å². The molecule has 1 aromatic carbocycles. The molecule has 0 fully saturated rings. The molecule has 0 unspecified atom stereocenters. The van der Waals surface area contributed by atoms with Crippen molar-refractivity contribution in [3.63, 3.8) is 0 Å². The minimum Gasteiger partial charge on any atom is -0.396 e. The molecule has 90 valence electrons. The lowest BCUT2D eigenvalue weighted by Gasteiger charge is -2.02. The first-order valence-electron chi connectivity index (χ1n) is 5.56. The summed E-state index contributed by atoms with van der Waals surface area (Å²) < 4.78 is 0. The molecule has 1 aromatic rings. The topological polar surface area (TPSA) is 63.4 Å². The number of nitro groups is 1. The molecule has 0 aliphatic heterocycles. The molecule has 0 spiro atoms. The molecule has 0 aliphatic rings. The molecular formula is C12H19NO3. The van der Waals surface area contributed by atoms with E-state index in [4.69, 9.17) is 5.11 Å². The fraction of sp³-hybridized carbons (Fsp3) is 0.500. The van der Waals surface area contributed by atoms with E-state index in [-0.39, 0.29) is 17.2 Å². The van der Waals surface area contributed by atoms with Crippen LogP contribution in [0.5, 0.6) is 0 Å². The standard InChI is InChI=1S/C10H13NO3.C2H6/c1-2-9-4-3-8(5-6-12)7-10(9)11(13)14;1-2/h3-4,7,12H,2,5-6H2,1H3;1-2H3. The van der Waals surface area contributed by atoms with Gasteiger partial charge in [-0.15, -0.1) is 0 Å². The minimum atomic E-state index is -0.375. The molecule has 16 heavy (non-hydrogen) atoms. The summed E-state index contributed by atoms with van der Waals surface area (Å²) in [6.07, 6.45) is 1.11.